The number of thioether (sulfide) groups is 1. The van der Waals surface area contributed by atoms with E-state index < -0.39 is 0 Å². The summed E-state index contributed by atoms with van der Waals surface area (Å²) in [5.74, 6) is 2.62. The maximum atomic E-state index is 12.0. The van der Waals surface area contributed by atoms with E-state index in [0.29, 0.717) is 37.7 Å². The largest absolute Gasteiger partial charge is 0.484 e. The number of nitrogens with zero attached hydrogens (tertiary/aromatic N) is 1. The SMILES string of the molecule is O=C(Nc1ccc(OCC(=O)N2CCOCC2)cc1)N[C@H]1CCSC1. The molecule has 2 heterocycles. The quantitative estimate of drug-likeness (QED) is 0.828. The third-order valence-electron chi connectivity index (χ3n) is 4.10. The van der Waals surface area contributed by atoms with Crippen LogP contribution in [0.25, 0.3) is 0 Å². The highest BCUT2D eigenvalue weighted by Crippen LogP contribution is 2.18. The number of carbonyl (C=O) groups excluding carboxylic acids is 2. The van der Waals surface area contributed by atoms with Crippen molar-refractivity contribution < 1.29 is 19.1 Å². The molecule has 3 amide bonds. The van der Waals surface area contributed by atoms with Gasteiger partial charge in [0.1, 0.15) is 5.75 Å². The highest BCUT2D eigenvalue weighted by molar-refractivity contribution is 7.99. The van der Waals surface area contributed by atoms with Crippen LogP contribution < -0.4 is 15.4 Å². The van der Waals surface area contributed by atoms with Gasteiger partial charge in [-0.05, 0) is 36.4 Å². The molecular weight excluding hydrogens is 342 g/mol. The zero-order chi connectivity index (χ0) is 17.5. The summed E-state index contributed by atoms with van der Waals surface area (Å²) in [7, 11) is 0. The second-order valence-corrected chi connectivity index (χ2v) is 7.12. The van der Waals surface area contributed by atoms with Crippen molar-refractivity contribution in [3.63, 3.8) is 0 Å². The molecule has 1 aromatic carbocycles. The van der Waals surface area contributed by atoms with E-state index >= 15 is 0 Å². The Balaban J connectivity index is 1.41. The molecule has 8 heteroatoms. The molecule has 1 aromatic rings. The number of morpholine rings is 1. The Morgan fingerprint density at radius 2 is 2.00 bits per heavy atom. The van der Waals surface area contributed by atoms with Gasteiger partial charge in [0.2, 0.25) is 0 Å². The van der Waals surface area contributed by atoms with E-state index in [1.807, 2.05) is 11.8 Å². The van der Waals surface area contributed by atoms with Gasteiger partial charge in [-0.25, -0.2) is 4.79 Å². The predicted octanol–water partition coefficient (Wildman–Crippen LogP) is 1.55. The molecule has 3 rings (SSSR count). The van der Waals surface area contributed by atoms with E-state index in [4.69, 9.17) is 9.47 Å². The number of nitrogens with one attached hydrogen (secondary N) is 2. The number of hydrogen-bond donors (Lipinski definition) is 2. The van der Waals surface area contributed by atoms with Crippen molar-refractivity contribution in [2.45, 2.75) is 12.5 Å². The van der Waals surface area contributed by atoms with Crippen LogP contribution in [0.15, 0.2) is 24.3 Å². The van der Waals surface area contributed by atoms with Gasteiger partial charge in [-0.1, -0.05) is 0 Å². The number of rotatable bonds is 5. The molecule has 2 N–H and O–H groups in total. The van der Waals surface area contributed by atoms with Crippen LogP contribution in [0.2, 0.25) is 0 Å². The Labute approximate surface area is 151 Å². The van der Waals surface area contributed by atoms with E-state index in [-0.39, 0.29) is 24.6 Å². The maximum Gasteiger partial charge on any atom is 0.319 e. The van der Waals surface area contributed by atoms with Gasteiger partial charge < -0.3 is 25.0 Å². The van der Waals surface area contributed by atoms with Gasteiger partial charge in [-0.15, -0.1) is 0 Å². The van der Waals surface area contributed by atoms with Crippen LogP contribution >= 0.6 is 11.8 Å². The average Bonchev–Trinajstić information content (AvgIpc) is 3.14. The molecule has 0 aromatic heterocycles. The maximum absolute atomic E-state index is 12.0. The number of ether oxygens (including phenoxy) is 2. The molecule has 0 spiro atoms. The minimum atomic E-state index is -0.191. The molecule has 0 bridgehead atoms. The summed E-state index contributed by atoms with van der Waals surface area (Å²) >= 11 is 1.85. The van der Waals surface area contributed by atoms with Crippen LogP contribution in [-0.2, 0) is 9.53 Å². The first-order valence-corrected chi connectivity index (χ1v) is 9.60. The highest BCUT2D eigenvalue weighted by atomic mass is 32.2. The Morgan fingerprint density at radius 1 is 1.24 bits per heavy atom. The molecule has 2 saturated heterocycles. The number of carbonyl (C=O) groups is 2. The van der Waals surface area contributed by atoms with Crippen LogP contribution in [0.5, 0.6) is 5.75 Å². The number of hydrogen-bond acceptors (Lipinski definition) is 5. The van der Waals surface area contributed by atoms with Crippen molar-refractivity contribution >= 4 is 29.4 Å². The first kappa shape index (κ1) is 17.9. The summed E-state index contributed by atoms with van der Waals surface area (Å²) in [6.45, 7) is 2.38. The second-order valence-electron chi connectivity index (χ2n) is 5.97. The minimum absolute atomic E-state index is 0.00656. The Morgan fingerprint density at radius 3 is 2.68 bits per heavy atom. The Bertz CT molecular complexity index is 584. The summed E-state index contributed by atoms with van der Waals surface area (Å²) in [5, 5.41) is 5.76. The standard InChI is InChI=1S/C17H23N3O4S/c21-16(20-6-8-23-9-7-20)11-24-15-3-1-13(2-4-15)18-17(22)19-14-5-10-25-12-14/h1-4,14H,5-12H2,(H2,18,19,22)/t14-/m0/s1. The van der Waals surface area contributed by atoms with Gasteiger partial charge in [-0.2, -0.15) is 11.8 Å². The molecule has 2 fully saturated rings. The van der Waals surface area contributed by atoms with Gasteiger partial charge in [0, 0.05) is 30.6 Å². The number of benzene rings is 1. The molecule has 2 aliphatic heterocycles. The van der Waals surface area contributed by atoms with Gasteiger partial charge in [0.15, 0.2) is 6.61 Å². The van der Waals surface area contributed by atoms with Crippen LogP contribution in [0.1, 0.15) is 6.42 Å². The lowest BCUT2D eigenvalue weighted by atomic mass is 10.2. The molecule has 0 unspecified atom stereocenters. The number of anilines is 1. The van der Waals surface area contributed by atoms with E-state index in [1.165, 1.54) is 0 Å². The summed E-state index contributed by atoms with van der Waals surface area (Å²) in [5.41, 5.74) is 0.690. The molecule has 136 valence electrons. The molecule has 7 nitrogen and oxygen atoms in total. The fourth-order valence-electron chi connectivity index (χ4n) is 2.68. The van der Waals surface area contributed by atoms with Crippen molar-refractivity contribution in [2.75, 3.05) is 49.7 Å². The molecule has 2 aliphatic rings. The normalized spacial score (nSPS) is 20.2. The summed E-state index contributed by atoms with van der Waals surface area (Å²) < 4.78 is 10.7. The Kier molecular flexibility index (Phi) is 6.41. The van der Waals surface area contributed by atoms with E-state index in [1.54, 1.807) is 29.2 Å². The van der Waals surface area contributed by atoms with Crippen LogP contribution in [0.3, 0.4) is 0 Å². The minimum Gasteiger partial charge on any atom is -0.484 e. The van der Waals surface area contributed by atoms with E-state index in [2.05, 4.69) is 10.6 Å². The van der Waals surface area contributed by atoms with Gasteiger partial charge in [-0.3, -0.25) is 4.79 Å². The zero-order valence-corrected chi connectivity index (χ0v) is 14.8. The lowest BCUT2D eigenvalue weighted by Crippen LogP contribution is -2.42. The first-order chi connectivity index (χ1) is 12.2. The topological polar surface area (TPSA) is 79.9 Å². The predicted molar refractivity (Wildman–Crippen MR) is 97.2 cm³/mol. The molecular formula is C17H23N3O4S. The summed E-state index contributed by atoms with van der Waals surface area (Å²) in [6.07, 6.45) is 1.02. The molecule has 25 heavy (non-hydrogen) atoms. The van der Waals surface area contributed by atoms with E-state index in [9.17, 15) is 9.59 Å². The van der Waals surface area contributed by atoms with Crippen molar-refractivity contribution in [3.05, 3.63) is 24.3 Å². The Hall–Kier alpha value is -1.93. The smallest absolute Gasteiger partial charge is 0.319 e. The second kappa shape index (κ2) is 8.96. The van der Waals surface area contributed by atoms with Crippen LogP contribution in [-0.4, -0.2) is 67.3 Å². The van der Waals surface area contributed by atoms with E-state index in [0.717, 1.165) is 17.9 Å². The van der Waals surface area contributed by atoms with Crippen molar-refractivity contribution in [1.82, 2.24) is 10.2 Å². The van der Waals surface area contributed by atoms with Gasteiger partial charge >= 0.3 is 6.03 Å². The summed E-state index contributed by atoms with van der Waals surface area (Å²) in [6, 6.07) is 7.07. The first-order valence-electron chi connectivity index (χ1n) is 8.44. The number of urea groups is 1. The van der Waals surface area contributed by atoms with Gasteiger partial charge in [0.05, 0.1) is 13.2 Å². The third kappa shape index (κ3) is 5.54. The third-order valence-corrected chi connectivity index (χ3v) is 5.27. The van der Waals surface area contributed by atoms with Crippen LogP contribution in [0, 0.1) is 0 Å². The van der Waals surface area contributed by atoms with Crippen molar-refractivity contribution in [2.24, 2.45) is 0 Å². The van der Waals surface area contributed by atoms with Crippen molar-refractivity contribution in [1.29, 1.82) is 0 Å². The van der Waals surface area contributed by atoms with Crippen LogP contribution in [0.4, 0.5) is 10.5 Å². The average molecular weight is 365 g/mol. The fraction of sp³-hybridized carbons (Fsp3) is 0.529. The number of amides is 3. The lowest BCUT2D eigenvalue weighted by Gasteiger charge is -2.26. The highest BCUT2D eigenvalue weighted by Gasteiger charge is 2.18. The fourth-order valence-corrected chi connectivity index (χ4v) is 3.84. The molecule has 1 atom stereocenters. The monoisotopic (exact) mass is 365 g/mol. The molecule has 0 aliphatic carbocycles. The molecule has 0 radical (unpaired) electrons. The van der Waals surface area contributed by atoms with Gasteiger partial charge in [0.25, 0.3) is 5.91 Å². The summed E-state index contributed by atoms with van der Waals surface area (Å²) in [4.78, 5) is 25.7. The zero-order valence-electron chi connectivity index (χ0n) is 14.0. The lowest BCUT2D eigenvalue weighted by molar-refractivity contribution is -0.137. The molecule has 0 saturated carbocycles. The van der Waals surface area contributed by atoms with Crippen molar-refractivity contribution in [3.8, 4) is 5.75 Å².